The van der Waals surface area contributed by atoms with Gasteiger partial charge in [-0.3, -0.25) is 29.0 Å². The van der Waals surface area contributed by atoms with Gasteiger partial charge in [-0.25, -0.2) is 0 Å². The molecule has 2 atom stereocenters. The number of rotatable bonds is 23. The molecule has 10 heteroatoms. The van der Waals surface area contributed by atoms with Crippen molar-refractivity contribution in [3.05, 3.63) is 0 Å². The first-order chi connectivity index (χ1) is 17.1. The number of nitrogens with one attached hydrogen (secondary N) is 2. The van der Waals surface area contributed by atoms with Crippen LogP contribution in [0, 0.1) is 11.8 Å². The maximum Gasteiger partial charge on any atom is 0.317 e. The number of carbonyl (C=O) groups excluding carboxylic acids is 2. The van der Waals surface area contributed by atoms with Crippen molar-refractivity contribution in [1.29, 1.82) is 0 Å². The van der Waals surface area contributed by atoms with Crippen molar-refractivity contribution < 1.29 is 29.4 Å². The molecular weight excluding hydrogens is 464 g/mol. The smallest absolute Gasteiger partial charge is 0.317 e. The van der Waals surface area contributed by atoms with E-state index in [9.17, 15) is 29.4 Å². The summed E-state index contributed by atoms with van der Waals surface area (Å²) in [6.07, 6.45) is 8.39. The zero-order valence-corrected chi connectivity index (χ0v) is 22.9. The van der Waals surface area contributed by atoms with Gasteiger partial charge in [0.25, 0.3) is 0 Å². The summed E-state index contributed by atoms with van der Waals surface area (Å²) in [4.78, 5) is 50.5. The van der Waals surface area contributed by atoms with Crippen LogP contribution < -0.4 is 10.6 Å². The van der Waals surface area contributed by atoms with Gasteiger partial charge < -0.3 is 20.8 Å². The van der Waals surface area contributed by atoms with E-state index in [1.807, 2.05) is 0 Å². The summed E-state index contributed by atoms with van der Waals surface area (Å²) in [5, 5.41) is 24.3. The van der Waals surface area contributed by atoms with Crippen LogP contribution in [0.25, 0.3) is 0 Å². The maximum absolute atomic E-state index is 12.5. The van der Waals surface area contributed by atoms with Gasteiger partial charge in [-0.05, 0) is 24.7 Å². The van der Waals surface area contributed by atoms with Gasteiger partial charge in [0, 0.05) is 26.2 Å². The Morgan fingerprint density at radius 2 is 1.00 bits per heavy atom. The van der Waals surface area contributed by atoms with Crippen LogP contribution in [-0.2, 0) is 19.2 Å². The Kier molecular flexibility index (Phi) is 19.7. The van der Waals surface area contributed by atoms with Crippen molar-refractivity contribution >= 4 is 23.8 Å². The first-order valence-electron chi connectivity index (χ1n) is 13.6. The third kappa shape index (κ3) is 18.1. The van der Waals surface area contributed by atoms with Crippen LogP contribution in [0.5, 0.6) is 0 Å². The van der Waals surface area contributed by atoms with E-state index in [1.165, 1.54) is 9.80 Å². The van der Waals surface area contributed by atoms with Crippen molar-refractivity contribution in [3.8, 4) is 0 Å². The average Bonchev–Trinajstić information content (AvgIpc) is 2.82. The predicted octanol–water partition coefficient (Wildman–Crippen LogP) is 2.42. The van der Waals surface area contributed by atoms with Gasteiger partial charge in [0.15, 0.2) is 0 Å². The molecule has 0 aliphatic carbocycles. The molecule has 10 nitrogen and oxygen atoms in total. The Morgan fingerprint density at radius 3 is 1.28 bits per heavy atom. The number of carboxylic acid groups (broad SMARTS) is 2. The minimum Gasteiger partial charge on any atom is -0.480 e. The molecule has 0 bridgehead atoms. The van der Waals surface area contributed by atoms with Gasteiger partial charge in [0.2, 0.25) is 11.8 Å². The Morgan fingerprint density at radius 1 is 0.639 bits per heavy atom. The fraction of sp³-hybridized carbons (Fsp3) is 0.846. The second-order valence-electron chi connectivity index (χ2n) is 9.65. The summed E-state index contributed by atoms with van der Waals surface area (Å²) in [6, 6.07) is 0. The molecule has 0 aliphatic rings. The lowest BCUT2D eigenvalue weighted by Gasteiger charge is -2.26. The molecule has 0 aromatic carbocycles. The summed E-state index contributed by atoms with van der Waals surface area (Å²) in [5.41, 5.74) is 0. The van der Waals surface area contributed by atoms with Crippen LogP contribution >= 0.6 is 0 Å². The summed E-state index contributed by atoms with van der Waals surface area (Å²) < 4.78 is 0. The lowest BCUT2D eigenvalue weighted by atomic mass is 9.99. The third-order valence-electron chi connectivity index (χ3n) is 6.45. The van der Waals surface area contributed by atoms with Crippen LogP contribution in [0.4, 0.5) is 0 Å². The minimum absolute atomic E-state index is 0.0980. The van der Waals surface area contributed by atoms with Crippen LogP contribution in [0.3, 0.4) is 0 Å². The van der Waals surface area contributed by atoms with Gasteiger partial charge in [0.05, 0.1) is 26.2 Å². The van der Waals surface area contributed by atoms with Crippen LogP contribution in [0.2, 0.25) is 0 Å². The molecule has 0 rings (SSSR count). The summed E-state index contributed by atoms with van der Waals surface area (Å²) in [7, 11) is 0. The molecule has 0 spiro atoms. The number of carbonyl (C=O) groups is 4. The molecule has 0 aromatic rings. The van der Waals surface area contributed by atoms with Crippen molar-refractivity contribution in [2.45, 2.75) is 79.1 Å². The number of aliphatic carboxylic acids is 2. The first kappa shape index (κ1) is 33.8. The largest absolute Gasteiger partial charge is 0.480 e. The Bertz CT molecular complexity index is 592. The second-order valence-corrected chi connectivity index (χ2v) is 9.65. The molecule has 0 heterocycles. The van der Waals surface area contributed by atoms with E-state index in [0.29, 0.717) is 24.9 Å². The van der Waals surface area contributed by atoms with E-state index < -0.39 is 11.9 Å². The zero-order valence-electron chi connectivity index (χ0n) is 22.9. The number of unbranched alkanes of at least 4 members (excludes halogenated alkanes) is 2. The molecule has 0 radical (unpaired) electrons. The highest BCUT2D eigenvalue weighted by Crippen LogP contribution is 2.12. The quantitative estimate of drug-likeness (QED) is 0.163. The molecule has 0 saturated heterocycles. The number of carboxylic acids is 2. The van der Waals surface area contributed by atoms with Crippen LogP contribution in [-0.4, -0.2) is 96.1 Å². The predicted molar refractivity (Wildman–Crippen MR) is 141 cm³/mol. The number of hydrogen-bond donors (Lipinski definition) is 4. The normalized spacial score (nSPS) is 12.9. The van der Waals surface area contributed by atoms with E-state index in [4.69, 9.17) is 0 Å². The van der Waals surface area contributed by atoms with Gasteiger partial charge in [-0.2, -0.15) is 0 Å². The van der Waals surface area contributed by atoms with Gasteiger partial charge in [-0.1, -0.05) is 66.2 Å². The van der Waals surface area contributed by atoms with Crippen LogP contribution in [0.15, 0.2) is 0 Å². The van der Waals surface area contributed by atoms with Crippen molar-refractivity contribution in [1.82, 2.24) is 20.4 Å². The molecule has 0 saturated carbocycles. The number of amides is 2. The van der Waals surface area contributed by atoms with Gasteiger partial charge in [0.1, 0.15) is 0 Å². The highest BCUT2D eigenvalue weighted by molar-refractivity contribution is 5.79. The van der Waals surface area contributed by atoms with Crippen molar-refractivity contribution in [2.75, 3.05) is 52.4 Å². The standard InChI is InChI=1S/C26H50N4O6/c1-5-9-11-21(7-3)15-27-23(31)17-29(19-25(33)34)13-14-30(20-26(35)36)18-24(32)28-16-22(8-4)12-10-6-2/h21-22H,5-20H2,1-4H3,(H,27,31)(H,28,32)(H,33,34)(H,35,36). The molecule has 2 unspecified atom stereocenters. The molecule has 2 amide bonds. The lowest BCUT2D eigenvalue weighted by molar-refractivity contribution is -0.141. The fourth-order valence-electron chi connectivity index (χ4n) is 4.01. The maximum atomic E-state index is 12.5. The number of hydrogen-bond acceptors (Lipinski definition) is 6. The average molecular weight is 515 g/mol. The van der Waals surface area contributed by atoms with Crippen LogP contribution in [0.1, 0.15) is 79.1 Å². The Hall–Kier alpha value is -2.20. The number of nitrogens with zero attached hydrogens (tertiary/aromatic N) is 2. The van der Waals surface area contributed by atoms with E-state index >= 15 is 0 Å². The van der Waals surface area contributed by atoms with E-state index in [0.717, 1.165) is 51.4 Å². The fourth-order valence-corrected chi connectivity index (χ4v) is 4.01. The Balaban J connectivity index is 4.87. The molecule has 210 valence electrons. The third-order valence-corrected chi connectivity index (χ3v) is 6.45. The minimum atomic E-state index is -1.07. The van der Waals surface area contributed by atoms with E-state index in [-0.39, 0.29) is 51.1 Å². The van der Waals surface area contributed by atoms with Gasteiger partial charge >= 0.3 is 11.9 Å². The van der Waals surface area contributed by atoms with Crippen molar-refractivity contribution in [3.63, 3.8) is 0 Å². The molecule has 0 aliphatic heterocycles. The van der Waals surface area contributed by atoms with Crippen molar-refractivity contribution in [2.24, 2.45) is 11.8 Å². The summed E-state index contributed by atoms with van der Waals surface area (Å²) >= 11 is 0. The summed E-state index contributed by atoms with van der Waals surface area (Å²) in [5.74, 6) is -1.88. The highest BCUT2D eigenvalue weighted by Gasteiger charge is 2.19. The molecular formula is C26H50N4O6. The van der Waals surface area contributed by atoms with E-state index in [2.05, 4.69) is 38.3 Å². The second kappa shape index (κ2) is 20.9. The molecule has 0 aromatic heterocycles. The SMILES string of the molecule is CCCCC(CC)CNC(=O)CN(CCN(CC(=O)O)CC(=O)NCC(CC)CCCC)CC(=O)O. The highest BCUT2D eigenvalue weighted by atomic mass is 16.4. The lowest BCUT2D eigenvalue weighted by Crippen LogP contribution is -2.47. The van der Waals surface area contributed by atoms with Gasteiger partial charge in [-0.15, -0.1) is 0 Å². The van der Waals surface area contributed by atoms with E-state index in [1.54, 1.807) is 0 Å². The molecule has 4 N–H and O–H groups in total. The monoisotopic (exact) mass is 514 g/mol. The molecule has 36 heavy (non-hydrogen) atoms. The topological polar surface area (TPSA) is 139 Å². The summed E-state index contributed by atoms with van der Waals surface area (Å²) in [6.45, 7) is 8.96. The first-order valence-corrected chi connectivity index (χ1v) is 13.6. The molecule has 0 fully saturated rings. The Labute approximate surface area is 217 Å². The zero-order chi connectivity index (χ0) is 27.3.